The van der Waals surface area contributed by atoms with Crippen LogP contribution >= 0.6 is 11.3 Å². The molecule has 0 bridgehead atoms. The number of rotatable bonds is 3. The van der Waals surface area contributed by atoms with E-state index < -0.39 is 0 Å². The van der Waals surface area contributed by atoms with E-state index >= 15 is 0 Å². The summed E-state index contributed by atoms with van der Waals surface area (Å²) in [5.74, 6) is 0.579. The summed E-state index contributed by atoms with van der Waals surface area (Å²) in [5, 5.41) is 9.60. The van der Waals surface area contributed by atoms with Crippen LogP contribution in [0, 0.1) is 0 Å². The average molecular weight is 307 g/mol. The van der Waals surface area contributed by atoms with Crippen molar-refractivity contribution >= 4 is 38.1 Å². The molecule has 0 aliphatic heterocycles. The Hall–Kier alpha value is -2.33. The van der Waals surface area contributed by atoms with Gasteiger partial charge in [0, 0.05) is 20.5 Å². The van der Waals surface area contributed by atoms with Crippen molar-refractivity contribution in [2.24, 2.45) is 0 Å². The molecular formula is C18H17N3S. The first-order valence-electron chi connectivity index (χ1n) is 7.51. The molecule has 4 aromatic rings. The Bertz CT molecular complexity index is 932. The molecule has 0 radical (unpaired) electrons. The smallest absolute Gasteiger partial charge is 0.153 e. The summed E-state index contributed by atoms with van der Waals surface area (Å²) < 4.78 is 1.30. The molecule has 0 unspecified atom stereocenters. The minimum absolute atomic E-state index is 0.579. The van der Waals surface area contributed by atoms with Crippen LogP contribution in [0.3, 0.4) is 0 Å². The quantitative estimate of drug-likeness (QED) is 0.561. The van der Waals surface area contributed by atoms with Gasteiger partial charge in [-0.15, -0.1) is 11.3 Å². The fourth-order valence-corrected chi connectivity index (χ4v) is 4.03. The maximum absolute atomic E-state index is 6.02. The summed E-state index contributed by atoms with van der Waals surface area (Å²) in [6, 6.07) is 15.2. The number of nitrogens with one attached hydrogen (secondary N) is 1. The van der Waals surface area contributed by atoms with Gasteiger partial charge in [0.2, 0.25) is 0 Å². The second kappa shape index (κ2) is 5.14. The van der Waals surface area contributed by atoms with Crippen LogP contribution in [0.15, 0.2) is 42.5 Å². The van der Waals surface area contributed by atoms with E-state index in [0.717, 1.165) is 23.7 Å². The molecular weight excluding hydrogens is 290 g/mol. The van der Waals surface area contributed by atoms with E-state index in [-0.39, 0.29) is 0 Å². The lowest BCUT2D eigenvalue weighted by Crippen LogP contribution is -1.88. The lowest BCUT2D eigenvalue weighted by Gasteiger charge is -2.05. The van der Waals surface area contributed by atoms with Gasteiger partial charge in [0.15, 0.2) is 5.82 Å². The van der Waals surface area contributed by atoms with Crippen molar-refractivity contribution in [3.05, 3.63) is 48.0 Å². The summed E-state index contributed by atoms with van der Waals surface area (Å²) in [6.45, 7) is 2.20. The highest BCUT2D eigenvalue weighted by Crippen LogP contribution is 2.38. The third-order valence-electron chi connectivity index (χ3n) is 3.99. The zero-order chi connectivity index (χ0) is 15.1. The van der Waals surface area contributed by atoms with E-state index in [0.29, 0.717) is 5.82 Å². The molecule has 0 atom stereocenters. The van der Waals surface area contributed by atoms with Crippen molar-refractivity contribution in [2.75, 3.05) is 5.73 Å². The number of thiophene rings is 1. The van der Waals surface area contributed by atoms with Crippen molar-refractivity contribution in [3.8, 4) is 10.4 Å². The van der Waals surface area contributed by atoms with Gasteiger partial charge in [-0.1, -0.05) is 31.5 Å². The minimum atomic E-state index is 0.579. The number of H-pyrrole nitrogens is 1. The van der Waals surface area contributed by atoms with Crippen LogP contribution < -0.4 is 5.73 Å². The molecule has 4 rings (SSSR count). The number of hydrogen-bond donors (Lipinski definition) is 2. The normalized spacial score (nSPS) is 11.5. The molecule has 0 spiro atoms. The van der Waals surface area contributed by atoms with Gasteiger partial charge in [-0.05, 0) is 41.6 Å². The standard InChI is InChI=1S/C18H17N3S/c1-2-5-11-8-13(17-14(9-11)18(19)21-20-17)16-10-12-6-3-4-7-15(12)22-16/h3-4,6-10H,2,5H2,1H3,(H3,19,20,21). The SMILES string of the molecule is CCCc1cc(-c2cc3ccccc3s2)c2[nH]nc(N)c2c1. The average Bonchev–Trinajstić information content (AvgIpc) is 3.11. The van der Waals surface area contributed by atoms with Gasteiger partial charge in [0.05, 0.1) is 5.52 Å². The number of nitrogens with zero attached hydrogens (tertiary/aromatic N) is 1. The Kier molecular flexibility index (Phi) is 3.12. The van der Waals surface area contributed by atoms with Gasteiger partial charge in [-0.25, -0.2) is 0 Å². The molecule has 4 heteroatoms. The van der Waals surface area contributed by atoms with Crippen LogP contribution in [-0.4, -0.2) is 10.2 Å². The number of nitrogens with two attached hydrogens (primary N) is 1. The van der Waals surface area contributed by atoms with Crippen molar-refractivity contribution < 1.29 is 0 Å². The highest BCUT2D eigenvalue weighted by Gasteiger charge is 2.13. The van der Waals surface area contributed by atoms with E-state index in [9.17, 15) is 0 Å². The first-order chi connectivity index (χ1) is 10.8. The fraction of sp³-hybridized carbons (Fsp3) is 0.167. The number of aromatic amines is 1. The molecule has 2 heterocycles. The molecule has 0 aliphatic carbocycles. The summed E-state index contributed by atoms with van der Waals surface area (Å²) in [6.07, 6.45) is 2.17. The molecule has 0 aliphatic rings. The molecule has 0 saturated carbocycles. The summed E-state index contributed by atoms with van der Waals surface area (Å²) in [5.41, 5.74) is 9.57. The molecule has 0 fully saturated rings. The summed E-state index contributed by atoms with van der Waals surface area (Å²) in [7, 11) is 0. The van der Waals surface area contributed by atoms with E-state index in [2.05, 4.69) is 59.6 Å². The van der Waals surface area contributed by atoms with Gasteiger partial charge in [-0.3, -0.25) is 5.10 Å². The van der Waals surface area contributed by atoms with Gasteiger partial charge in [0.1, 0.15) is 0 Å². The highest BCUT2D eigenvalue weighted by atomic mass is 32.1. The number of hydrogen-bond acceptors (Lipinski definition) is 3. The molecule has 2 aromatic carbocycles. The number of nitrogen functional groups attached to an aromatic ring is 1. The molecule has 110 valence electrons. The molecule has 3 nitrogen and oxygen atoms in total. The largest absolute Gasteiger partial charge is 0.382 e. The maximum Gasteiger partial charge on any atom is 0.153 e. The molecule has 0 saturated heterocycles. The van der Waals surface area contributed by atoms with Gasteiger partial charge in [-0.2, -0.15) is 5.10 Å². The second-order valence-electron chi connectivity index (χ2n) is 5.57. The topological polar surface area (TPSA) is 54.7 Å². The van der Waals surface area contributed by atoms with Crippen LogP contribution in [0.4, 0.5) is 5.82 Å². The van der Waals surface area contributed by atoms with Gasteiger partial charge < -0.3 is 5.73 Å². The van der Waals surface area contributed by atoms with Crippen molar-refractivity contribution in [1.29, 1.82) is 0 Å². The van der Waals surface area contributed by atoms with Crippen LogP contribution in [0.5, 0.6) is 0 Å². The summed E-state index contributed by atoms with van der Waals surface area (Å²) in [4.78, 5) is 1.26. The Balaban J connectivity index is 1.99. The van der Waals surface area contributed by atoms with Crippen LogP contribution in [0.2, 0.25) is 0 Å². The van der Waals surface area contributed by atoms with Crippen molar-refractivity contribution in [2.45, 2.75) is 19.8 Å². The Labute approximate surface area is 132 Å². The first kappa shape index (κ1) is 13.3. The van der Waals surface area contributed by atoms with Crippen LogP contribution in [-0.2, 0) is 6.42 Å². The molecule has 2 aromatic heterocycles. The highest BCUT2D eigenvalue weighted by molar-refractivity contribution is 7.22. The number of aryl methyl sites for hydroxylation is 1. The monoisotopic (exact) mass is 307 g/mol. The van der Waals surface area contributed by atoms with E-state index in [1.165, 1.54) is 26.1 Å². The van der Waals surface area contributed by atoms with E-state index in [4.69, 9.17) is 5.73 Å². The van der Waals surface area contributed by atoms with Gasteiger partial charge >= 0.3 is 0 Å². The van der Waals surface area contributed by atoms with E-state index in [1.807, 2.05) is 11.3 Å². The summed E-state index contributed by atoms with van der Waals surface area (Å²) >= 11 is 1.81. The van der Waals surface area contributed by atoms with Crippen LogP contribution in [0.1, 0.15) is 18.9 Å². The van der Waals surface area contributed by atoms with E-state index in [1.54, 1.807) is 0 Å². The minimum Gasteiger partial charge on any atom is -0.382 e. The fourth-order valence-electron chi connectivity index (χ4n) is 2.94. The van der Waals surface area contributed by atoms with Crippen molar-refractivity contribution in [1.82, 2.24) is 10.2 Å². The molecule has 3 N–H and O–H groups in total. The zero-order valence-corrected chi connectivity index (χ0v) is 13.2. The Morgan fingerprint density at radius 3 is 2.86 bits per heavy atom. The Morgan fingerprint density at radius 2 is 2.05 bits per heavy atom. The third kappa shape index (κ3) is 2.07. The molecule has 22 heavy (non-hydrogen) atoms. The van der Waals surface area contributed by atoms with Crippen molar-refractivity contribution in [3.63, 3.8) is 0 Å². The van der Waals surface area contributed by atoms with Gasteiger partial charge in [0.25, 0.3) is 0 Å². The Morgan fingerprint density at radius 1 is 1.18 bits per heavy atom. The van der Waals surface area contributed by atoms with Crippen LogP contribution in [0.25, 0.3) is 31.4 Å². The number of anilines is 1. The third-order valence-corrected chi connectivity index (χ3v) is 5.14. The maximum atomic E-state index is 6.02. The lowest BCUT2D eigenvalue weighted by molar-refractivity contribution is 0.924. The second-order valence-corrected chi connectivity index (χ2v) is 6.66. The zero-order valence-electron chi connectivity index (χ0n) is 12.4. The number of benzene rings is 2. The number of aromatic nitrogens is 2. The number of fused-ring (bicyclic) bond motifs is 2. The molecule has 0 amide bonds. The predicted molar refractivity (Wildman–Crippen MR) is 95.3 cm³/mol. The lowest BCUT2D eigenvalue weighted by atomic mass is 10.0. The first-order valence-corrected chi connectivity index (χ1v) is 8.33. The predicted octanol–water partition coefficient (Wildman–Crippen LogP) is 4.98.